The first-order valence-corrected chi connectivity index (χ1v) is 13.5. The maximum Gasteiger partial charge on any atom is 0.236 e. The number of amides is 1. The molecule has 8 nitrogen and oxygen atoms in total. The highest BCUT2D eigenvalue weighted by Gasteiger charge is 2.27. The molecule has 0 atom stereocenters. The Morgan fingerprint density at radius 3 is 2.29 bits per heavy atom. The van der Waals surface area contributed by atoms with Gasteiger partial charge in [-0.25, -0.2) is 8.42 Å². The molecule has 2 heterocycles. The zero-order valence-corrected chi connectivity index (χ0v) is 20.6. The summed E-state index contributed by atoms with van der Waals surface area (Å²) in [6.07, 6.45) is 2.27. The van der Waals surface area contributed by atoms with Crippen LogP contribution in [0.15, 0.2) is 71.2 Å². The van der Waals surface area contributed by atoms with Crippen molar-refractivity contribution < 1.29 is 13.2 Å². The number of aromatic nitrogens is 3. The molecule has 0 radical (unpaired) electrons. The minimum atomic E-state index is -3.53. The predicted octanol–water partition coefficient (Wildman–Crippen LogP) is 2.64. The van der Waals surface area contributed by atoms with E-state index in [1.807, 2.05) is 72.3 Å². The first kappa shape index (κ1) is 24.2. The van der Waals surface area contributed by atoms with E-state index in [2.05, 4.69) is 10.2 Å². The minimum absolute atomic E-state index is 0.0329. The van der Waals surface area contributed by atoms with E-state index in [0.29, 0.717) is 24.7 Å². The fourth-order valence-electron chi connectivity index (χ4n) is 3.63. The SMILES string of the molecule is Cn1c(Cc2ccccc2)nnc1SCC(=O)N1CCN(S(=O)(=O)C=Cc2ccccc2)CC1. The Hall–Kier alpha value is -2.95. The molecule has 10 heteroatoms. The molecule has 1 fully saturated rings. The quantitative estimate of drug-likeness (QED) is 0.445. The number of carbonyl (C=O) groups excluding carboxylic acids is 1. The van der Waals surface area contributed by atoms with Gasteiger partial charge in [-0.05, 0) is 17.2 Å². The molecule has 1 amide bonds. The van der Waals surface area contributed by atoms with Crippen LogP contribution in [0.1, 0.15) is 17.0 Å². The minimum Gasteiger partial charge on any atom is -0.339 e. The zero-order valence-electron chi connectivity index (χ0n) is 18.9. The second kappa shape index (κ2) is 11.0. The molecule has 1 aromatic heterocycles. The van der Waals surface area contributed by atoms with E-state index in [9.17, 15) is 13.2 Å². The Labute approximate surface area is 204 Å². The third kappa shape index (κ3) is 6.13. The number of thioether (sulfide) groups is 1. The van der Waals surface area contributed by atoms with Crippen LogP contribution in [0.2, 0.25) is 0 Å². The topological polar surface area (TPSA) is 88.4 Å². The van der Waals surface area contributed by atoms with Crippen LogP contribution in [0.4, 0.5) is 0 Å². The van der Waals surface area contributed by atoms with E-state index in [-0.39, 0.29) is 24.7 Å². The normalized spacial score (nSPS) is 15.1. The Bertz CT molecular complexity index is 1240. The van der Waals surface area contributed by atoms with Crippen molar-refractivity contribution in [2.45, 2.75) is 11.6 Å². The van der Waals surface area contributed by atoms with Crippen LogP contribution >= 0.6 is 11.8 Å². The lowest BCUT2D eigenvalue weighted by Crippen LogP contribution is -2.50. The summed E-state index contributed by atoms with van der Waals surface area (Å²) in [6, 6.07) is 19.3. The van der Waals surface area contributed by atoms with Crippen molar-refractivity contribution in [1.29, 1.82) is 0 Å². The lowest BCUT2D eigenvalue weighted by atomic mass is 10.1. The van der Waals surface area contributed by atoms with Gasteiger partial charge in [0.25, 0.3) is 0 Å². The molecule has 0 spiro atoms. The maximum atomic E-state index is 12.7. The van der Waals surface area contributed by atoms with Crippen LogP contribution in [-0.4, -0.2) is 70.2 Å². The van der Waals surface area contributed by atoms with Gasteiger partial charge in [0.15, 0.2) is 5.16 Å². The van der Waals surface area contributed by atoms with Crippen molar-refractivity contribution in [2.75, 3.05) is 31.9 Å². The summed E-state index contributed by atoms with van der Waals surface area (Å²) in [7, 11) is -1.63. The molecular weight excluding hydrogens is 470 g/mol. The van der Waals surface area contributed by atoms with Crippen molar-refractivity contribution in [2.24, 2.45) is 7.05 Å². The van der Waals surface area contributed by atoms with Crippen molar-refractivity contribution in [1.82, 2.24) is 24.0 Å². The molecule has 178 valence electrons. The highest BCUT2D eigenvalue weighted by atomic mass is 32.2. The summed E-state index contributed by atoms with van der Waals surface area (Å²) in [5, 5.41) is 10.4. The monoisotopic (exact) mass is 497 g/mol. The molecule has 0 unspecified atom stereocenters. The summed E-state index contributed by atoms with van der Waals surface area (Å²) < 4.78 is 28.6. The molecule has 1 aliphatic rings. The average molecular weight is 498 g/mol. The largest absolute Gasteiger partial charge is 0.339 e. The molecular formula is C24H27N5O3S2. The first-order valence-electron chi connectivity index (χ1n) is 11.0. The predicted molar refractivity (Wildman–Crippen MR) is 134 cm³/mol. The number of rotatable bonds is 8. The van der Waals surface area contributed by atoms with Gasteiger partial charge >= 0.3 is 0 Å². The number of piperazine rings is 1. The second-order valence-corrected chi connectivity index (χ2v) is 10.7. The zero-order chi connectivity index (χ0) is 24.0. The highest BCUT2D eigenvalue weighted by Crippen LogP contribution is 2.19. The van der Waals surface area contributed by atoms with Crippen molar-refractivity contribution >= 4 is 33.8 Å². The standard InChI is InChI=1S/C24H27N5O3S2/c1-27-22(18-21-10-6-3-7-11-21)25-26-24(27)33-19-23(30)28-13-15-29(16-14-28)34(31,32)17-12-20-8-4-2-5-9-20/h2-12,17H,13-16,18-19H2,1H3. The van der Waals surface area contributed by atoms with E-state index < -0.39 is 10.0 Å². The molecule has 0 N–H and O–H groups in total. The maximum absolute atomic E-state index is 12.7. The van der Waals surface area contributed by atoms with Crippen LogP contribution in [0.5, 0.6) is 0 Å². The Kier molecular flexibility index (Phi) is 7.81. The van der Waals surface area contributed by atoms with E-state index in [1.165, 1.54) is 21.5 Å². The lowest BCUT2D eigenvalue weighted by Gasteiger charge is -2.33. The number of nitrogens with zero attached hydrogens (tertiary/aromatic N) is 5. The van der Waals surface area contributed by atoms with Gasteiger partial charge in [-0.2, -0.15) is 4.31 Å². The number of sulfonamides is 1. The third-order valence-electron chi connectivity index (χ3n) is 5.64. The fraction of sp³-hybridized carbons (Fsp3) is 0.292. The number of hydrogen-bond acceptors (Lipinski definition) is 6. The van der Waals surface area contributed by atoms with E-state index >= 15 is 0 Å². The van der Waals surface area contributed by atoms with Gasteiger partial charge in [0.05, 0.1) is 5.75 Å². The summed E-state index contributed by atoms with van der Waals surface area (Å²) in [5.74, 6) is 1.04. The van der Waals surface area contributed by atoms with E-state index in [4.69, 9.17) is 0 Å². The number of benzene rings is 2. The smallest absolute Gasteiger partial charge is 0.236 e. The molecule has 1 aliphatic heterocycles. The fourth-order valence-corrected chi connectivity index (χ4v) is 5.63. The Morgan fingerprint density at radius 2 is 1.62 bits per heavy atom. The molecule has 2 aromatic carbocycles. The molecule has 4 rings (SSSR count). The van der Waals surface area contributed by atoms with Gasteiger partial charge in [0.1, 0.15) is 5.82 Å². The van der Waals surface area contributed by atoms with Crippen LogP contribution in [-0.2, 0) is 28.3 Å². The lowest BCUT2D eigenvalue weighted by molar-refractivity contribution is -0.129. The highest BCUT2D eigenvalue weighted by molar-refractivity contribution is 7.99. The third-order valence-corrected chi connectivity index (χ3v) is 8.21. The van der Waals surface area contributed by atoms with Gasteiger partial charge in [-0.1, -0.05) is 72.4 Å². The van der Waals surface area contributed by atoms with Crippen LogP contribution in [0, 0.1) is 0 Å². The molecule has 0 bridgehead atoms. The van der Waals surface area contributed by atoms with Crippen molar-refractivity contribution in [3.8, 4) is 0 Å². The Morgan fingerprint density at radius 1 is 0.971 bits per heavy atom. The summed E-state index contributed by atoms with van der Waals surface area (Å²) >= 11 is 1.35. The van der Waals surface area contributed by atoms with Gasteiger partial charge in [0, 0.05) is 45.1 Å². The molecule has 0 aliphatic carbocycles. The summed E-state index contributed by atoms with van der Waals surface area (Å²) in [5.41, 5.74) is 1.98. The van der Waals surface area contributed by atoms with Crippen LogP contribution < -0.4 is 0 Å². The van der Waals surface area contributed by atoms with Crippen LogP contribution in [0.3, 0.4) is 0 Å². The molecule has 34 heavy (non-hydrogen) atoms. The molecule has 1 saturated heterocycles. The van der Waals surface area contributed by atoms with Gasteiger partial charge < -0.3 is 9.47 Å². The van der Waals surface area contributed by atoms with Crippen molar-refractivity contribution in [3.05, 3.63) is 83.0 Å². The first-order chi connectivity index (χ1) is 16.4. The van der Waals surface area contributed by atoms with E-state index in [0.717, 1.165) is 17.0 Å². The van der Waals surface area contributed by atoms with Gasteiger partial charge in [-0.15, -0.1) is 10.2 Å². The summed E-state index contributed by atoms with van der Waals surface area (Å²) in [6.45, 7) is 1.30. The van der Waals surface area contributed by atoms with Gasteiger partial charge in [-0.3, -0.25) is 4.79 Å². The Balaban J connectivity index is 1.27. The van der Waals surface area contributed by atoms with Crippen LogP contribution in [0.25, 0.3) is 6.08 Å². The second-order valence-electron chi connectivity index (χ2n) is 7.95. The molecule has 0 saturated carbocycles. The average Bonchev–Trinajstić information content (AvgIpc) is 3.21. The number of hydrogen-bond donors (Lipinski definition) is 0. The van der Waals surface area contributed by atoms with Crippen molar-refractivity contribution in [3.63, 3.8) is 0 Å². The molecule has 3 aromatic rings. The van der Waals surface area contributed by atoms with E-state index in [1.54, 1.807) is 11.0 Å². The van der Waals surface area contributed by atoms with Gasteiger partial charge in [0.2, 0.25) is 15.9 Å². The number of carbonyl (C=O) groups is 1. The summed E-state index contributed by atoms with van der Waals surface area (Å²) in [4.78, 5) is 14.4.